The van der Waals surface area contributed by atoms with Crippen molar-refractivity contribution in [1.29, 1.82) is 5.26 Å². The van der Waals surface area contributed by atoms with Crippen molar-refractivity contribution in [3.05, 3.63) is 87.4 Å². The van der Waals surface area contributed by atoms with E-state index >= 15 is 0 Å². The van der Waals surface area contributed by atoms with Crippen molar-refractivity contribution in [2.24, 2.45) is 0 Å². The number of hydrogen-bond donors (Lipinski definition) is 2. The predicted molar refractivity (Wildman–Crippen MR) is 135 cm³/mol. The van der Waals surface area contributed by atoms with Crippen molar-refractivity contribution < 1.29 is 32.0 Å². The highest BCUT2D eigenvalue weighted by Crippen LogP contribution is 2.39. The van der Waals surface area contributed by atoms with Gasteiger partial charge in [-0.05, 0) is 70.9 Å². The number of anilines is 1. The number of nitrogens with zero attached hydrogens (tertiary/aromatic N) is 1. The van der Waals surface area contributed by atoms with Crippen molar-refractivity contribution in [1.82, 2.24) is 0 Å². The quantitative estimate of drug-likeness (QED) is 0.224. The van der Waals surface area contributed by atoms with E-state index in [9.17, 15) is 28.4 Å². The van der Waals surface area contributed by atoms with Gasteiger partial charge >= 0.3 is 16.1 Å². The van der Waals surface area contributed by atoms with Gasteiger partial charge in [0.15, 0.2) is 11.5 Å². The molecule has 0 aliphatic rings. The number of carbonyl (C=O) groups excluding carboxylic acids is 1. The van der Waals surface area contributed by atoms with E-state index in [4.69, 9.17) is 8.92 Å². The molecule has 11 heteroatoms. The number of carbonyl (C=O) groups is 2. The van der Waals surface area contributed by atoms with Crippen LogP contribution >= 0.6 is 15.9 Å². The van der Waals surface area contributed by atoms with E-state index in [1.807, 2.05) is 6.92 Å². The Morgan fingerprint density at radius 2 is 1.78 bits per heavy atom. The Balaban J connectivity index is 1.93. The van der Waals surface area contributed by atoms with Gasteiger partial charge in [-0.1, -0.05) is 29.8 Å². The van der Waals surface area contributed by atoms with E-state index in [1.54, 1.807) is 24.3 Å². The number of aryl methyl sites for hydroxylation is 1. The first-order valence-corrected chi connectivity index (χ1v) is 12.4. The molecule has 0 fully saturated rings. The molecule has 0 saturated heterocycles. The summed E-state index contributed by atoms with van der Waals surface area (Å²) in [5, 5.41) is 21.2. The van der Waals surface area contributed by atoms with Crippen LogP contribution in [0, 0.1) is 18.3 Å². The molecule has 36 heavy (non-hydrogen) atoms. The van der Waals surface area contributed by atoms with Gasteiger partial charge in [-0.3, -0.25) is 4.79 Å². The first kappa shape index (κ1) is 26.5. The number of aromatic carboxylic acids is 1. The second kappa shape index (κ2) is 11.1. The number of carboxylic acid groups (broad SMARTS) is 1. The van der Waals surface area contributed by atoms with E-state index in [0.29, 0.717) is 5.56 Å². The number of ether oxygens (including phenoxy) is 1. The van der Waals surface area contributed by atoms with Crippen LogP contribution in [0.5, 0.6) is 11.5 Å². The Labute approximate surface area is 215 Å². The SMILES string of the molecule is COc1cc(/C=C(\C#N)C(=O)Nc2ccccc2C(=O)O)cc(Br)c1OS(=O)(=O)c1ccc(C)cc1. The van der Waals surface area contributed by atoms with Crippen LogP contribution in [0.1, 0.15) is 21.5 Å². The Hall–Kier alpha value is -4.14. The van der Waals surface area contributed by atoms with E-state index in [2.05, 4.69) is 21.2 Å². The Morgan fingerprint density at radius 1 is 1.11 bits per heavy atom. The highest BCUT2D eigenvalue weighted by atomic mass is 79.9. The van der Waals surface area contributed by atoms with Gasteiger partial charge in [-0.25, -0.2) is 4.79 Å². The number of nitriles is 1. The van der Waals surface area contributed by atoms with E-state index in [0.717, 1.165) is 5.56 Å². The molecule has 0 radical (unpaired) electrons. The highest BCUT2D eigenvalue weighted by Gasteiger charge is 2.22. The smallest absolute Gasteiger partial charge is 0.339 e. The topological polar surface area (TPSA) is 143 Å². The monoisotopic (exact) mass is 570 g/mol. The summed E-state index contributed by atoms with van der Waals surface area (Å²) < 4.78 is 36.2. The van der Waals surface area contributed by atoms with Gasteiger partial charge in [0.25, 0.3) is 5.91 Å². The van der Waals surface area contributed by atoms with Crippen molar-refractivity contribution in [3.8, 4) is 17.6 Å². The van der Waals surface area contributed by atoms with Gasteiger partial charge in [0.05, 0.1) is 22.8 Å². The predicted octanol–water partition coefficient (Wildman–Crippen LogP) is 4.78. The van der Waals surface area contributed by atoms with Gasteiger partial charge in [0, 0.05) is 0 Å². The third-order valence-corrected chi connectivity index (χ3v) is 6.66. The minimum absolute atomic E-state index is 0.0278. The molecular formula is C25H19BrN2O7S. The number of amides is 1. The highest BCUT2D eigenvalue weighted by molar-refractivity contribution is 9.10. The van der Waals surface area contributed by atoms with Crippen LogP contribution in [0.2, 0.25) is 0 Å². The lowest BCUT2D eigenvalue weighted by Crippen LogP contribution is -2.16. The van der Waals surface area contributed by atoms with Gasteiger partial charge in [-0.15, -0.1) is 0 Å². The number of benzene rings is 3. The molecule has 3 rings (SSSR count). The molecule has 0 saturated carbocycles. The van der Waals surface area contributed by atoms with E-state index in [-0.39, 0.29) is 37.7 Å². The number of para-hydroxylation sites is 1. The van der Waals surface area contributed by atoms with Crippen molar-refractivity contribution in [2.75, 3.05) is 12.4 Å². The molecule has 0 heterocycles. The average Bonchev–Trinajstić information content (AvgIpc) is 2.84. The molecule has 0 spiro atoms. The second-order valence-corrected chi connectivity index (χ2v) is 9.76. The number of halogens is 1. The molecule has 184 valence electrons. The number of hydrogen-bond acceptors (Lipinski definition) is 7. The molecular weight excluding hydrogens is 552 g/mol. The lowest BCUT2D eigenvalue weighted by atomic mass is 10.1. The lowest BCUT2D eigenvalue weighted by Gasteiger charge is -2.14. The molecule has 0 bridgehead atoms. The normalized spacial score (nSPS) is 11.3. The largest absolute Gasteiger partial charge is 0.493 e. The summed E-state index contributed by atoms with van der Waals surface area (Å²) in [7, 11) is -2.87. The molecule has 0 atom stereocenters. The maximum absolute atomic E-state index is 12.7. The molecule has 0 aliphatic carbocycles. The zero-order chi connectivity index (χ0) is 26.5. The van der Waals surface area contributed by atoms with Gasteiger partial charge < -0.3 is 19.3 Å². The first-order chi connectivity index (χ1) is 17.1. The fraction of sp³-hybridized carbons (Fsp3) is 0.0800. The van der Waals surface area contributed by atoms with Crippen LogP contribution in [0.25, 0.3) is 6.08 Å². The Morgan fingerprint density at radius 3 is 2.39 bits per heavy atom. The van der Waals surface area contributed by atoms with Crippen LogP contribution in [-0.2, 0) is 14.9 Å². The molecule has 1 amide bonds. The fourth-order valence-corrected chi connectivity index (χ4v) is 4.66. The third-order valence-electron chi connectivity index (χ3n) is 4.84. The molecule has 2 N–H and O–H groups in total. The maximum atomic E-state index is 12.7. The van der Waals surface area contributed by atoms with Crippen LogP contribution in [0.4, 0.5) is 5.69 Å². The van der Waals surface area contributed by atoms with Crippen molar-refractivity contribution in [2.45, 2.75) is 11.8 Å². The van der Waals surface area contributed by atoms with E-state index < -0.39 is 22.0 Å². The number of methoxy groups -OCH3 is 1. The summed E-state index contributed by atoms with van der Waals surface area (Å²) in [4.78, 5) is 24.0. The Bertz CT molecular complexity index is 1510. The zero-order valence-electron chi connectivity index (χ0n) is 19.0. The van der Waals surface area contributed by atoms with Crippen LogP contribution < -0.4 is 14.2 Å². The summed E-state index contributed by atoms with van der Waals surface area (Å²) in [6.07, 6.45) is 1.24. The van der Waals surface area contributed by atoms with Crippen LogP contribution in [0.15, 0.2) is 75.6 Å². The molecule has 0 aliphatic heterocycles. The summed E-state index contributed by atoms with van der Waals surface area (Å²) in [6.45, 7) is 1.82. The van der Waals surface area contributed by atoms with Crippen molar-refractivity contribution >= 4 is 49.7 Å². The fourth-order valence-electron chi connectivity index (χ4n) is 3.05. The number of rotatable bonds is 8. The number of carboxylic acids is 1. The lowest BCUT2D eigenvalue weighted by molar-refractivity contribution is -0.112. The van der Waals surface area contributed by atoms with Crippen molar-refractivity contribution in [3.63, 3.8) is 0 Å². The number of nitrogens with one attached hydrogen (secondary N) is 1. The molecule has 0 unspecified atom stereocenters. The maximum Gasteiger partial charge on any atom is 0.339 e. The summed E-state index contributed by atoms with van der Waals surface area (Å²) in [5.74, 6) is -2.16. The van der Waals surface area contributed by atoms with Crippen LogP contribution in [-0.4, -0.2) is 32.5 Å². The summed E-state index contributed by atoms with van der Waals surface area (Å²) in [6, 6.07) is 16.5. The zero-order valence-corrected chi connectivity index (χ0v) is 21.4. The van der Waals surface area contributed by atoms with Gasteiger partial charge in [-0.2, -0.15) is 13.7 Å². The van der Waals surface area contributed by atoms with Gasteiger partial charge in [0.1, 0.15) is 16.5 Å². The Kier molecular flexibility index (Phi) is 8.14. The average molecular weight is 571 g/mol. The van der Waals surface area contributed by atoms with Crippen LogP contribution in [0.3, 0.4) is 0 Å². The van der Waals surface area contributed by atoms with E-state index in [1.165, 1.54) is 55.7 Å². The summed E-state index contributed by atoms with van der Waals surface area (Å²) in [5.41, 5.74) is 0.763. The standard InChI is InChI=1S/C25H19BrN2O7S/c1-15-7-9-18(10-8-15)36(32,33)35-23-20(26)12-16(13-22(23)34-2)11-17(14-27)24(29)28-21-6-4-3-5-19(21)25(30)31/h3-13H,1-2H3,(H,28,29)(H,30,31)/b17-11+. The molecule has 9 nitrogen and oxygen atoms in total. The molecule has 3 aromatic rings. The molecule has 0 aromatic heterocycles. The third kappa shape index (κ3) is 6.10. The van der Waals surface area contributed by atoms with Gasteiger partial charge in [0.2, 0.25) is 0 Å². The second-order valence-electron chi connectivity index (χ2n) is 7.36. The summed E-state index contributed by atoms with van der Waals surface area (Å²) >= 11 is 3.26. The minimum Gasteiger partial charge on any atom is -0.493 e. The first-order valence-electron chi connectivity index (χ1n) is 10.2. The minimum atomic E-state index is -4.17. The molecule has 3 aromatic carbocycles.